The molecule has 4 atom stereocenters. The number of carbonyl (C=O) groups is 4. The number of hydrogen-bond acceptors (Lipinski definition) is 8. The average molecular weight is 452 g/mol. The predicted octanol–water partition coefficient (Wildman–Crippen LogP) is 0.108. The Hall–Kier alpha value is -1.91. The number of hydrogen-bond donors (Lipinski definition) is 1. The van der Waals surface area contributed by atoms with Crippen LogP contribution in [0.1, 0.15) is 20.8 Å². The van der Waals surface area contributed by atoms with Gasteiger partial charge < -0.3 is 29.0 Å². The van der Waals surface area contributed by atoms with Crippen LogP contribution in [0.2, 0.25) is 0 Å². The van der Waals surface area contributed by atoms with E-state index in [9.17, 15) is 24.3 Å². The molecule has 1 N–H and O–H groups in total. The summed E-state index contributed by atoms with van der Waals surface area (Å²) < 4.78 is 8.21. The van der Waals surface area contributed by atoms with E-state index in [0.29, 0.717) is 24.5 Å². The summed E-state index contributed by atoms with van der Waals surface area (Å²) in [5.74, 6) is -2.95. The number of likely N-dealkylation sites (N-methyl/N-ethyl adjacent to an activating group) is 1. The average Bonchev–Trinajstić information content (AvgIpc) is 2.95. The Morgan fingerprint density at radius 2 is 1.97 bits per heavy atom. The second-order valence-electron chi connectivity index (χ2n) is 7.27. The van der Waals surface area contributed by atoms with E-state index < -0.39 is 29.8 Å². The molecular formula is C17H22BN4O6PS. The third-order valence-corrected chi connectivity index (χ3v) is 7.29. The maximum Gasteiger partial charge on any atom is 0.365 e. The number of fused-ring (bicyclic) bond motifs is 1. The Labute approximate surface area is 181 Å². The topological polar surface area (TPSA) is 120 Å². The van der Waals surface area contributed by atoms with Crippen LogP contribution >= 0.6 is 20.4 Å². The number of amides is 3. The monoisotopic (exact) mass is 452 g/mol. The van der Waals surface area contributed by atoms with Crippen molar-refractivity contribution in [1.82, 2.24) is 14.7 Å². The van der Waals surface area contributed by atoms with E-state index in [1.807, 2.05) is 13.8 Å². The second kappa shape index (κ2) is 9.07. The van der Waals surface area contributed by atoms with Crippen LogP contribution in [-0.2, 0) is 23.7 Å². The van der Waals surface area contributed by atoms with Gasteiger partial charge in [0.15, 0.2) is 0 Å². The van der Waals surface area contributed by atoms with Crippen LogP contribution in [0.3, 0.4) is 0 Å². The minimum absolute atomic E-state index is 0.0847. The maximum atomic E-state index is 12.6. The lowest BCUT2D eigenvalue weighted by Gasteiger charge is -2.46. The lowest BCUT2D eigenvalue weighted by Crippen LogP contribution is -2.63. The summed E-state index contributed by atoms with van der Waals surface area (Å²) in [7, 11) is 4.93. The van der Waals surface area contributed by atoms with Crippen LogP contribution in [0.15, 0.2) is 15.3 Å². The highest BCUT2D eigenvalue weighted by atomic mass is 32.2. The standard InChI is InChI=1S/C17H22BN4O6PS/c1-4-20-5-6-21(16(26)15(20)25)7-30-13-8(2)11-10(9(3)23)14(24)22(11)12(13)17(27)28-29-19-18/h8-11,23H,4-7H2,1-3H3. The second-order valence-corrected chi connectivity index (χ2v) is 8.83. The van der Waals surface area contributed by atoms with Crippen molar-refractivity contribution in [3.8, 4) is 0 Å². The Bertz CT molecular complexity index is 837. The van der Waals surface area contributed by atoms with Gasteiger partial charge in [0.25, 0.3) is 7.98 Å². The van der Waals surface area contributed by atoms with Crippen molar-refractivity contribution in [2.24, 2.45) is 16.5 Å². The first-order chi connectivity index (χ1) is 14.2. The molecule has 3 aliphatic rings. The fourth-order valence-electron chi connectivity index (χ4n) is 4.10. The minimum Gasteiger partial charge on any atom is -0.393 e. The van der Waals surface area contributed by atoms with Crippen LogP contribution < -0.4 is 0 Å². The molecule has 0 aromatic heterocycles. The highest BCUT2D eigenvalue weighted by Gasteiger charge is 2.60. The molecule has 3 amide bonds. The zero-order valence-electron chi connectivity index (χ0n) is 16.8. The van der Waals surface area contributed by atoms with Crippen molar-refractivity contribution >= 4 is 52.0 Å². The van der Waals surface area contributed by atoms with Gasteiger partial charge in [-0.2, -0.15) is 0 Å². The van der Waals surface area contributed by atoms with E-state index in [2.05, 4.69) is 4.66 Å². The van der Waals surface area contributed by atoms with Gasteiger partial charge in [-0.15, -0.1) is 11.8 Å². The number of carbonyl (C=O) groups excluding carboxylic acids is 4. The highest BCUT2D eigenvalue weighted by Crippen LogP contribution is 2.51. The molecule has 3 heterocycles. The van der Waals surface area contributed by atoms with E-state index >= 15 is 0 Å². The fraction of sp³-hybridized carbons (Fsp3) is 0.647. The number of thioether (sulfide) groups is 1. The summed E-state index contributed by atoms with van der Waals surface area (Å²) in [5.41, 5.74) is 0.0847. The molecule has 0 saturated carbocycles. The first kappa shape index (κ1) is 22.8. The van der Waals surface area contributed by atoms with E-state index in [0.717, 1.165) is 0 Å². The first-order valence-electron chi connectivity index (χ1n) is 9.52. The molecule has 4 unspecified atom stereocenters. The molecule has 0 aromatic rings. The van der Waals surface area contributed by atoms with Crippen LogP contribution in [0.4, 0.5) is 0 Å². The summed E-state index contributed by atoms with van der Waals surface area (Å²) >= 11 is 1.22. The number of rotatable bonds is 7. The Morgan fingerprint density at radius 1 is 1.33 bits per heavy atom. The van der Waals surface area contributed by atoms with Gasteiger partial charge in [-0.1, -0.05) is 6.92 Å². The number of β-lactam (4-membered cyclic amide) rings is 1. The fourth-order valence-corrected chi connectivity index (χ4v) is 5.57. The largest absolute Gasteiger partial charge is 0.393 e. The molecule has 10 nitrogen and oxygen atoms in total. The summed E-state index contributed by atoms with van der Waals surface area (Å²) in [5, 5.41) is 9.99. The zero-order chi connectivity index (χ0) is 22.2. The summed E-state index contributed by atoms with van der Waals surface area (Å²) in [6, 6.07) is -0.372. The van der Waals surface area contributed by atoms with Gasteiger partial charge in [-0.05, 0) is 13.8 Å². The van der Waals surface area contributed by atoms with Crippen LogP contribution in [0, 0.1) is 11.8 Å². The number of aliphatic hydroxyl groups excluding tert-OH is 1. The molecule has 30 heavy (non-hydrogen) atoms. The minimum atomic E-state index is -0.860. The zero-order valence-corrected chi connectivity index (χ0v) is 18.6. The van der Waals surface area contributed by atoms with Crippen LogP contribution in [0.25, 0.3) is 0 Å². The first-order valence-corrected chi connectivity index (χ1v) is 11.3. The molecule has 2 radical (unpaired) electrons. The van der Waals surface area contributed by atoms with E-state index in [4.69, 9.17) is 12.5 Å². The third kappa shape index (κ3) is 3.76. The van der Waals surface area contributed by atoms with Crippen molar-refractivity contribution < 1.29 is 28.8 Å². The lowest BCUT2D eigenvalue weighted by molar-refractivity contribution is -0.162. The molecule has 13 heteroatoms. The van der Waals surface area contributed by atoms with Crippen molar-refractivity contribution in [2.45, 2.75) is 32.9 Å². The van der Waals surface area contributed by atoms with Crippen LogP contribution in [0.5, 0.6) is 0 Å². The summed E-state index contributed by atoms with van der Waals surface area (Å²) in [4.78, 5) is 54.5. The van der Waals surface area contributed by atoms with Crippen LogP contribution in [-0.4, -0.2) is 89.1 Å². The summed E-state index contributed by atoms with van der Waals surface area (Å²) in [6.45, 7) is 6.51. The molecular weight excluding hydrogens is 430 g/mol. The van der Waals surface area contributed by atoms with Crippen molar-refractivity contribution in [1.29, 1.82) is 0 Å². The Balaban J connectivity index is 1.82. The molecule has 0 aromatic carbocycles. The summed E-state index contributed by atoms with van der Waals surface area (Å²) in [6.07, 6.45) is -0.860. The molecule has 0 aliphatic carbocycles. The van der Waals surface area contributed by atoms with Gasteiger partial charge in [0.05, 0.1) is 23.9 Å². The van der Waals surface area contributed by atoms with E-state index in [1.54, 1.807) is 6.92 Å². The van der Waals surface area contributed by atoms with Crippen molar-refractivity contribution in [3.05, 3.63) is 10.6 Å². The molecule has 160 valence electrons. The SMILES string of the molecule is [B]N=POC(=O)C1=C(SCN2CCN(CC)C(=O)C2=O)C(C)C2C(C(C)O)C(=O)N12. The van der Waals surface area contributed by atoms with Gasteiger partial charge in [0.1, 0.15) is 5.70 Å². The molecule has 0 bridgehead atoms. The Kier molecular flexibility index (Phi) is 6.89. The van der Waals surface area contributed by atoms with Crippen molar-refractivity contribution in [2.75, 3.05) is 25.5 Å². The molecule has 2 saturated heterocycles. The van der Waals surface area contributed by atoms with Gasteiger partial charge >= 0.3 is 17.8 Å². The quantitative estimate of drug-likeness (QED) is 0.252. The highest BCUT2D eigenvalue weighted by molar-refractivity contribution is 8.03. The number of nitrogens with zero attached hydrogens (tertiary/aromatic N) is 4. The van der Waals surface area contributed by atoms with Gasteiger partial charge in [-0.3, -0.25) is 14.4 Å². The van der Waals surface area contributed by atoms with Gasteiger partial charge in [-0.25, -0.2) is 4.79 Å². The molecule has 0 spiro atoms. The maximum absolute atomic E-state index is 12.6. The number of piperazine rings is 1. The predicted molar refractivity (Wildman–Crippen MR) is 110 cm³/mol. The smallest absolute Gasteiger partial charge is 0.365 e. The normalized spacial score (nSPS) is 27.7. The molecule has 2 fully saturated rings. The third-order valence-electron chi connectivity index (χ3n) is 5.63. The lowest BCUT2D eigenvalue weighted by atomic mass is 9.79. The number of aliphatic hydroxyl groups is 1. The van der Waals surface area contributed by atoms with Gasteiger partial charge in [0.2, 0.25) is 14.5 Å². The molecule has 3 aliphatic heterocycles. The Morgan fingerprint density at radius 3 is 2.57 bits per heavy atom. The van der Waals surface area contributed by atoms with Gasteiger partial charge in [0, 0.05) is 30.5 Å². The van der Waals surface area contributed by atoms with Crippen molar-refractivity contribution in [3.63, 3.8) is 0 Å². The van der Waals surface area contributed by atoms with E-state index in [1.165, 1.54) is 26.5 Å². The molecule has 3 rings (SSSR count). The van der Waals surface area contributed by atoms with E-state index in [-0.39, 0.29) is 38.0 Å².